The second kappa shape index (κ2) is 8.50. The van der Waals surface area contributed by atoms with E-state index in [0.29, 0.717) is 27.9 Å². The van der Waals surface area contributed by atoms with Gasteiger partial charge in [0, 0.05) is 12.2 Å². The number of hydrogen-bond acceptors (Lipinski definition) is 3. The minimum Gasteiger partial charge on any atom is -0.465 e. The van der Waals surface area contributed by atoms with Crippen molar-refractivity contribution in [3.63, 3.8) is 0 Å². The van der Waals surface area contributed by atoms with Crippen LogP contribution in [0.1, 0.15) is 15.9 Å². The van der Waals surface area contributed by atoms with E-state index in [0.717, 1.165) is 6.42 Å². The van der Waals surface area contributed by atoms with Gasteiger partial charge in [-0.2, -0.15) is 0 Å². The van der Waals surface area contributed by atoms with Gasteiger partial charge in [-0.05, 0) is 42.4 Å². The second-order valence-corrected chi connectivity index (χ2v) is 5.62. The van der Waals surface area contributed by atoms with Gasteiger partial charge >= 0.3 is 5.97 Å². The highest BCUT2D eigenvalue weighted by atomic mass is 35.5. The summed E-state index contributed by atoms with van der Waals surface area (Å²) in [6.45, 7) is 0.716. The van der Waals surface area contributed by atoms with Gasteiger partial charge in [0.05, 0.1) is 17.7 Å². The highest BCUT2D eigenvalue weighted by molar-refractivity contribution is 7.80. The Morgan fingerprint density at radius 1 is 1.22 bits per heavy atom. The van der Waals surface area contributed by atoms with Crippen LogP contribution in [-0.2, 0) is 11.2 Å². The molecule has 0 saturated carbocycles. The van der Waals surface area contributed by atoms with Gasteiger partial charge in [-0.1, -0.05) is 41.9 Å². The number of thiocarbonyl (C=S) groups is 1. The fourth-order valence-corrected chi connectivity index (χ4v) is 2.42. The zero-order valence-corrected chi connectivity index (χ0v) is 14.2. The molecule has 2 aromatic carbocycles. The molecule has 120 valence electrons. The lowest BCUT2D eigenvalue weighted by Crippen LogP contribution is -2.30. The number of anilines is 1. The number of esters is 1. The molecule has 0 saturated heterocycles. The molecule has 2 aromatic rings. The molecule has 0 spiro atoms. The monoisotopic (exact) mass is 348 g/mol. The van der Waals surface area contributed by atoms with E-state index in [1.54, 1.807) is 18.2 Å². The molecule has 6 heteroatoms. The minimum absolute atomic E-state index is 0.297. The molecule has 0 bridgehead atoms. The first kappa shape index (κ1) is 17.2. The molecular formula is C17H17ClN2O2S. The Bertz CT molecular complexity index is 692. The summed E-state index contributed by atoms with van der Waals surface area (Å²) in [5.41, 5.74) is 2.21. The summed E-state index contributed by atoms with van der Waals surface area (Å²) in [4.78, 5) is 11.6. The molecule has 0 amide bonds. The number of rotatable bonds is 5. The van der Waals surface area contributed by atoms with Gasteiger partial charge in [0.2, 0.25) is 0 Å². The molecule has 0 heterocycles. The highest BCUT2D eigenvalue weighted by Crippen LogP contribution is 2.21. The Hall–Kier alpha value is -2.11. The summed E-state index contributed by atoms with van der Waals surface area (Å²) in [5, 5.41) is 6.98. The molecule has 0 atom stereocenters. The summed E-state index contributed by atoms with van der Waals surface area (Å²) in [6.07, 6.45) is 0.872. The van der Waals surface area contributed by atoms with Crippen LogP contribution in [0.2, 0.25) is 5.02 Å². The number of nitrogens with one attached hydrogen (secondary N) is 2. The first-order valence-corrected chi connectivity index (χ1v) is 7.85. The van der Waals surface area contributed by atoms with Crippen LogP contribution in [0.3, 0.4) is 0 Å². The van der Waals surface area contributed by atoms with Gasteiger partial charge in [0.1, 0.15) is 0 Å². The van der Waals surface area contributed by atoms with Gasteiger partial charge < -0.3 is 15.4 Å². The molecule has 23 heavy (non-hydrogen) atoms. The van der Waals surface area contributed by atoms with Gasteiger partial charge in [-0.15, -0.1) is 0 Å². The predicted molar refractivity (Wildman–Crippen MR) is 97.2 cm³/mol. The van der Waals surface area contributed by atoms with Crippen molar-refractivity contribution in [1.29, 1.82) is 0 Å². The number of carbonyl (C=O) groups excluding carboxylic acids is 1. The van der Waals surface area contributed by atoms with E-state index < -0.39 is 5.97 Å². The number of halogens is 1. The zero-order valence-electron chi connectivity index (χ0n) is 12.6. The Balaban J connectivity index is 1.89. The summed E-state index contributed by atoms with van der Waals surface area (Å²) in [7, 11) is 1.31. The third-order valence-electron chi connectivity index (χ3n) is 3.17. The summed E-state index contributed by atoms with van der Waals surface area (Å²) >= 11 is 11.2. The Kier molecular flexibility index (Phi) is 6.38. The van der Waals surface area contributed by atoms with Crippen molar-refractivity contribution in [2.24, 2.45) is 0 Å². The maximum absolute atomic E-state index is 11.6. The second-order valence-electron chi connectivity index (χ2n) is 4.80. The number of methoxy groups -OCH3 is 1. The van der Waals surface area contributed by atoms with Crippen molar-refractivity contribution < 1.29 is 9.53 Å². The van der Waals surface area contributed by atoms with Crippen molar-refractivity contribution in [2.75, 3.05) is 19.0 Å². The van der Waals surface area contributed by atoms with E-state index in [2.05, 4.69) is 22.8 Å². The van der Waals surface area contributed by atoms with Crippen molar-refractivity contribution in [1.82, 2.24) is 5.32 Å². The Labute approximate surface area is 145 Å². The molecule has 0 radical (unpaired) electrons. The molecule has 2 N–H and O–H groups in total. The topological polar surface area (TPSA) is 50.4 Å². The molecule has 4 nitrogen and oxygen atoms in total. The summed E-state index contributed by atoms with van der Waals surface area (Å²) < 4.78 is 4.69. The van der Waals surface area contributed by atoms with Gasteiger partial charge in [-0.25, -0.2) is 4.79 Å². The molecule has 0 fully saturated rings. The quantitative estimate of drug-likeness (QED) is 0.638. The van der Waals surface area contributed by atoms with E-state index >= 15 is 0 Å². The van der Waals surface area contributed by atoms with Crippen LogP contribution in [0.25, 0.3) is 0 Å². The number of ether oxygens (including phenoxy) is 1. The smallest absolute Gasteiger partial charge is 0.339 e. The highest BCUT2D eigenvalue weighted by Gasteiger charge is 2.11. The lowest BCUT2D eigenvalue weighted by Gasteiger charge is -2.12. The lowest BCUT2D eigenvalue weighted by atomic mass is 10.1. The maximum Gasteiger partial charge on any atom is 0.339 e. The SMILES string of the molecule is COC(=O)c1cc(NC(=S)NCCc2ccccc2)ccc1Cl. The van der Waals surface area contributed by atoms with E-state index in [9.17, 15) is 4.79 Å². The molecular weight excluding hydrogens is 332 g/mol. The molecule has 0 aliphatic carbocycles. The summed E-state index contributed by atoms with van der Waals surface area (Å²) in [5.74, 6) is -0.485. The maximum atomic E-state index is 11.6. The van der Waals surface area contributed by atoms with Crippen LogP contribution in [0, 0.1) is 0 Å². The van der Waals surface area contributed by atoms with E-state index in [4.69, 9.17) is 28.6 Å². The normalized spacial score (nSPS) is 10.0. The molecule has 2 rings (SSSR count). The van der Waals surface area contributed by atoms with Gasteiger partial charge in [-0.3, -0.25) is 0 Å². The summed E-state index contributed by atoms with van der Waals surface area (Å²) in [6, 6.07) is 15.1. The van der Waals surface area contributed by atoms with Crippen LogP contribution >= 0.6 is 23.8 Å². The number of hydrogen-bond donors (Lipinski definition) is 2. The third kappa shape index (κ3) is 5.23. The van der Waals surface area contributed by atoms with Crippen LogP contribution in [0.4, 0.5) is 5.69 Å². The van der Waals surface area contributed by atoms with E-state index in [1.807, 2.05) is 18.2 Å². The van der Waals surface area contributed by atoms with E-state index in [1.165, 1.54) is 12.7 Å². The van der Waals surface area contributed by atoms with Crippen LogP contribution in [-0.4, -0.2) is 24.7 Å². The average molecular weight is 349 g/mol. The Morgan fingerprint density at radius 3 is 2.65 bits per heavy atom. The molecule has 0 aliphatic rings. The van der Waals surface area contributed by atoms with Crippen LogP contribution in [0.5, 0.6) is 0 Å². The number of carbonyl (C=O) groups is 1. The van der Waals surface area contributed by atoms with Crippen molar-refractivity contribution >= 4 is 40.6 Å². The average Bonchev–Trinajstić information content (AvgIpc) is 2.57. The Morgan fingerprint density at radius 2 is 1.96 bits per heavy atom. The fourth-order valence-electron chi connectivity index (χ4n) is 2.01. The first-order valence-electron chi connectivity index (χ1n) is 7.07. The minimum atomic E-state index is -0.485. The van der Waals surface area contributed by atoms with Crippen LogP contribution < -0.4 is 10.6 Å². The fraction of sp³-hybridized carbons (Fsp3) is 0.176. The van der Waals surface area contributed by atoms with E-state index in [-0.39, 0.29) is 0 Å². The molecule has 0 aromatic heterocycles. The standard InChI is InChI=1S/C17H17ClN2O2S/c1-22-16(21)14-11-13(7-8-15(14)18)20-17(23)19-10-9-12-5-3-2-4-6-12/h2-8,11H,9-10H2,1H3,(H2,19,20,23). The zero-order chi connectivity index (χ0) is 16.7. The largest absolute Gasteiger partial charge is 0.465 e. The van der Waals surface area contributed by atoms with Crippen molar-refractivity contribution in [3.8, 4) is 0 Å². The first-order chi connectivity index (χ1) is 11.1. The number of benzene rings is 2. The van der Waals surface area contributed by atoms with Crippen molar-refractivity contribution in [2.45, 2.75) is 6.42 Å². The predicted octanol–water partition coefficient (Wildman–Crippen LogP) is 3.66. The molecule has 0 unspecified atom stereocenters. The van der Waals surface area contributed by atoms with Gasteiger partial charge in [0.15, 0.2) is 5.11 Å². The third-order valence-corrected chi connectivity index (χ3v) is 3.75. The van der Waals surface area contributed by atoms with Crippen LogP contribution in [0.15, 0.2) is 48.5 Å². The molecule has 0 aliphatic heterocycles. The van der Waals surface area contributed by atoms with Gasteiger partial charge in [0.25, 0.3) is 0 Å². The van der Waals surface area contributed by atoms with Crippen molar-refractivity contribution in [3.05, 3.63) is 64.7 Å². The lowest BCUT2D eigenvalue weighted by molar-refractivity contribution is 0.0601.